The van der Waals surface area contributed by atoms with Crippen LogP contribution < -0.4 is 10.2 Å². The smallest absolute Gasteiger partial charge is 0.255 e. The summed E-state index contributed by atoms with van der Waals surface area (Å²) in [5.41, 5.74) is 2.81. The Labute approximate surface area is 198 Å². The van der Waals surface area contributed by atoms with E-state index in [1.807, 2.05) is 31.1 Å². The van der Waals surface area contributed by atoms with E-state index in [0.29, 0.717) is 30.3 Å². The first-order valence-electron chi connectivity index (χ1n) is 11.2. The largest absolute Gasteiger partial charge is 0.377 e. The van der Waals surface area contributed by atoms with Gasteiger partial charge >= 0.3 is 0 Å². The first-order valence-corrected chi connectivity index (χ1v) is 11.2. The van der Waals surface area contributed by atoms with Gasteiger partial charge in [0.05, 0.1) is 0 Å². The summed E-state index contributed by atoms with van der Waals surface area (Å²) >= 11 is 0. The second kappa shape index (κ2) is 10.0. The Morgan fingerprint density at radius 1 is 0.912 bits per heavy atom. The summed E-state index contributed by atoms with van der Waals surface area (Å²) in [5.74, 6) is -1.15. The summed E-state index contributed by atoms with van der Waals surface area (Å²) in [7, 11) is 3.81. The minimum absolute atomic E-state index is 0.217. The van der Waals surface area contributed by atoms with E-state index in [9.17, 15) is 18.4 Å². The summed E-state index contributed by atoms with van der Waals surface area (Å²) in [4.78, 5) is 29.6. The van der Waals surface area contributed by atoms with Crippen LogP contribution in [0, 0.1) is 17.6 Å². The maximum absolute atomic E-state index is 13.8. The SMILES string of the molecule is CN(C)c1ccc(NC(=O)c2cccc(F)c2)cc1CN(CC1CC1)C(=O)c1cccc(F)c1. The molecular formula is C27H27F2N3O2. The number of nitrogens with one attached hydrogen (secondary N) is 1. The van der Waals surface area contributed by atoms with Gasteiger partial charge in [0.1, 0.15) is 11.6 Å². The fraction of sp³-hybridized carbons (Fsp3) is 0.259. The van der Waals surface area contributed by atoms with Crippen LogP contribution in [-0.2, 0) is 6.54 Å². The van der Waals surface area contributed by atoms with E-state index in [2.05, 4.69) is 5.32 Å². The quantitative estimate of drug-likeness (QED) is 0.491. The van der Waals surface area contributed by atoms with Gasteiger partial charge < -0.3 is 15.1 Å². The summed E-state index contributed by atoms with van der Waals surface area (Å²) in [5, 5.41) is 2.81. The normalized spacial score (nSPS) is 12.8. The molecule has 7 heteroatoms. The molecule has 34 heavy (non-hydrogen) atoms. The lowest BCUT2D eigenvalue weighted by molar-refractivity contribution is 0.0734. The van der Waals surface area contributed by atoms with Crippen molar-refractivity contribution in [3.05, 3.63) is 95.1 Å². The van der Waals surface area contributed by atoms with Gasteiger partial charge in [0, 0.05) is 49.7 Å². The lowest BCUT2D eigenvalue weighted by Gasteiger charge is -2.26. The second-order valence-electron chi connectivity index (χ2n) is 8.84. The summed E-state index contributed by atoms with van der Waals surface area (Å²) in [6.45, 7) is 0.894. The predicted octanol–water partition coefficient (Wildman–Crippen LogP) is 5.34. The summed E-state index contributed by atoms with van der Waals surface area (Å²) in [6, 6.07) is 16.7. The van der Waals surface area contributed by atoms with Gasteiger partial charge in [-0.2, -0.15) is 0 Å². The maximum atomic E-state index is 13.8. The van der Waals surface area contributed by atoms with E-state index in [0.717, 1.165) is 24.1 Å². The average molecular weight is 464 g/mol. The van der Waals surface area contributed by atoms with Crippen LogP contribution in [0.15, 0.2) is 66.7 Å². The van der Waals surface area contributed by atoms with Crippen molar-refractivity contribution >= 4 is 23.2 Å². The molecule has 0 saturated heterocycles. The number of carbonyl (C=O) groups excluding carboxylic acids is 2. The van der Waals surface area contributed by atoms with Gasteiger partial charge in [0.2, 0.25) is 0 Å². The van der Waals surface area contributed by atoms with Crippen molar-refractivity contribution in [3.63, 3.8) is 0 Å². The predicted molar refractivity (Wildman–Crippen MR) is 129 cm³/mol. The number of carbonyl (C=O) groups is 2. The van der Waals surface area contributed by atoms with E-state index in [4.69, 9.17) is 0 Å². The Morgan fingerprint density at radius 2 is 1.56 bits per heavy atom. The molecule has 2 amide bonds. The van der Waals surface area contributed by atoms with Gasteiger partial charge in [-0.15, -0.1) is 0 Å². The highest BCUT2D eigenvalue weighted by atomic mass is 19.1. The van der Waals surface area contributed by atoms with Crippen LogP contribution in [0.4, 0.5) is 20.2 Å². The van der Waals surface area contributed by atoms with Crippen LogP contribution in [0.1, 0.15) is 39.1 Å². The summed E-state index contributed by atoms with van der Waals surface area (Å²) in [6.07, 6.45) is 2.13. The van der Waals surface area contributed by atoms with Crippen molar-refractivity contribution in [3.8, 4) is 0 Å². The molecule has 0 spiro atoms. The lowest BCUT2D eigenvalue weighted by atomic mass is 10.1. The molecule has 1 N–H and O–H groups in total. The van der Waals surface area contributed by atoms with Crippen molar-refractivity contribution in [2.24, 2.45) is 5.92 Å². The van der Waals surface area contributed by atoms with E-state index in [1.165, 1.54) is 36.4 Å². The molecule has 0 atom stereocenters. The molecule has 3 aromatic rings. The number of nitrogens with zero attached hydrogens (tertiary/aromatic N) is 2. The number of anilines is 2. The average Bonchev–Trinajstić information content (AvgIpc) is 3.62. The standard InChI is InChI=1S/C27H27F2N3O2/c1-31(2)25-12-11-24(30-26(33)19-5-3-7-22(28)13-19)15-21(25)17-32(16-18-9-10-18)27(34)20-6-4-8-23(29)14-20/h3-8,11-15,18H,9-10,16-17H2,1-2H3,(H,30,33). The molecule has 1 aliphatic rings. The number of hydrogen-bond donors (Lipinski definition) is 1. The van der Waals surface area contributed by atoms with E-state index >= 15 is 0 Å². The van der Waals surface area contributed by atoms with Gasteiger partial charge in [0.15, 0.2) is 0 Å². The molecule has 1 fully saturated rings. The third-order valence-electron chi connectivity index (χ3n) is 5.80. The van der Waals surface area contributed by atoms with Crippen LogP contribution in [0.5, 0.6) is 0 Å². The highest BCUT2D eigenvalue weighted by Crippen LogP contribution is 2.32. The van der Waals surface area contributed by atoms with E-state index in [1.54, 1.807) is 23.1 Å². The Morgan fingerprint density at radius 3 is 2.18 bits per heavy atom. The third-order valence-corrected chi connectivity index (χ3v) is 5.80. The van der Waals surface area contributed by atoms with E-state index < -0.39 is 17.5 Å². The molecule has 5 nitrogen and oxygen atoms in total. The van der Waals surface area contributed by atoms with Crippen LogP contribution in [0.25, 0.3) is 0 Å². The first-order chi connectivity index (χ1) is 16.3. The number of hydrogen-bond acceptors (Lipinski definition) is 3. The monoisotopic (exact) mass is 463 g/mol. The van der Waals surface area contributed by atoms with Crippen molar-refractivity contribution in [2.45, 2.75) is 19.4 Å². The number of benzene rings is 3. The molecule has 0 bridgehead atoms. The molecule has 0 radical (unpaired) electrons. The fourth-order valence-corrected chi connectivity index (χ4v) is 3.90. The zero-order valence-corrected chi connectivity index (χ0v) is 19.2. The Bertz CT molecular complexity index is 1210. The van der Waals surface area contributed by atoms with Gasteiger partial charge in [0.25, 0.3) is 11.8 Å². The highest BCUT2D eigenvalue weighted by Gasteiger charge is 2.28. The Kier molecular flexibility index (Phi) is 6.91. The van der Waals surface area contributed by atoms with Crippen molar-refractivity contribution in [1.29, 1.82) is 0 Å². The third kappa shape index (κ3) is 5.78. The number of amides is 2. The zero-order chi connectivity index (χ0) is 24.2. The van der Waals surface area contributed by atoms with Gasteiger partial charge in [-0.3, -0.25) is 9.59 Å². The number of rotatable bonds is 8. The molecule has 1 saturated carbocycles. The fourth-order valence-electron chi connectivity index (χ4n) is 3.90. The van der Waals surface area contributed by atoms with Crippen LogP contribution in [0.2, 0.25) is 0 Å². The molecule has 4 rings (SSSR count). The van der Waals surface area contributed by atoms with Crippen molar-refractivity contribution < 1.29 is 18.4 Å². The first kappa shape index (κ1) is 23.4. The summed E-state index contributed by atoms with van der Waals surface area (Å²) < 4.78 is 27.3. The van der Waals surface area contributed by atoms with Gasteiger partial charge in [-0.1, -0.05) is 12.1 Å². The van der Waals surface area contributed by atoms with Crippen LogP contribution in [-0.4, -0.2) is 37.4 Å². The van der Waals surface area contributed by atoms with Crippen molar-refractivity contribution in [1.82, 2.24) is 4.90 Å². The van der Waals surface area contributed by atoms with Gasteiger partial charge in [-0.05, 0) is 78.9 Å². The Balaban J connectivity index is 1.61. The zero-order valence-electron chi connectivity index (χ0n) is 19.2. The Hall–Kier alpha value is -3.74. The molecule has 3 aromatic carbocycles. The topological polar surface area (TPSA) is 52.7 Å². The molecular weight excluding hydrogens is 436 g/mol. The van der Waals surface area contributed by atoms with E-state index in [-0.39, 0.29) is 11.5 Å². The molecule has 176 valence electrons. The maximum Gasteiger partial charge on any atom is 0.255 e. The lowest BCUT2D eigenvalue weighted by Crippen LogP contribution is -2.33. The minimum Gasteiger partial charge on any atom is -0.377 e. The molecule has 0 aromatic heterocycles. The molecule has 0 unspecified atom stereocenters. The molecule has 0 aliphatic heterocycles. The number of halogens is 2. The molecule has 0 heterocycles. The second-order valence-corrected chi connectivity index (χ2v) is 8.84. The molecule has 1 aliphatic carbocycles. The minimum atomic E-state index is -0.483. The van der Waals surface area contributed by atoms with Gasteiger partial charge in [-0.25, -0.2) is 8.78 Å². The highest BCUT2D eigenvalue weighted by molar-refractivity contribution is 6.04. The van der Waals surface area contributed by atoms with Crippen LogP contribution in [0.3, 0.4) is 0 Å². The van der Waals surface area contributed by atoms with Crippen LogP contribution >= 0.6 is 0 Å². The van der Waals surface area contributed by atoms with Crippen molar-refractivity contribution in [2.75, 3.05) is 30.9 Å².